The molecule has 150 valence electrons. The molecule has 1 saturated carbocycles. The van der Waals surface area contributed by atoms with Crippen LogP contribution in [0, 0.1) is 11.8 Å². The monoisotopic (exact) mass is 380 g/mol. The van der Waals surface area contributed by atoms with Gasteiger partial charge in [-0.05, 0) is 60.8 Å². The molecule has 3 rings (SSSR count). The minimum absolute atomic E-state index is 0.113. The Hall–Kier alpha value is -1.45. The lowest BCUT2D eigenvalue weighted by Gasteiger charge is -2.29. The normalized spacial score (nSPS) is 22.9. The van der Waals surface area contributed by atoms with Gasteiger partial charge in [0.25, 0.3) is 0 Å². The predicted octanol–water partition coefficient (Wildman–Crippen LogP) is 7.39. The Balaban J connectivity index is 1.45. The number of hydrogen-bond donors (Lipinski definition) is 0. The van der Waals surface area contributed by atoms with E-state index in [2.05, 4.69) is 17.7 Å². The van der Waals surface area contributed by atoms with Gasteiger partial charge in [-0.15, -0.1) is 13.2 Å². The highest BCUT2D eigenvalue weighted by atomic mass is 19.4. The molecule has 2 aliphatic rings. The van der Waals surface area contributed by atoms with Crippen LogP contribution in [-0.2, 0) is 12.8 Å². The van der Waals surface area contributed by atoms with Crippen LogP contribution < -0.4 is 4.74 Å². The number of benzene rings is 1. The highest BCUT2D eigenvalue weighted by Crippen LogP contribution is 2.36. The Morgan fingerprint density at radius 2 is 1.70 bits per heavy atom. The predicted molar refractivity (Wildman–Crippen MR) is 103 cm³/mol. The van der Waals surface area contributed by atoms with Crippen LogP contribution >= 0.6 is 0 Å². The molecule has 0 bridgehead atoms. The van der Waals surface area contributed by atoms with E-state index in [4.69, 9.17) is 0 Å². The summed E-state index contributed by atoms with van der Waals surface area (Å²) in [6.07, 6.45) is 11.2. The largest absolute Gasteiger partial charge is 0.573 e. The summed E-state index contributed by atoms with van der Waals surface area (Å²) in [6, 6.07) is 4.77. The first kappa shape index (κ1) is 20.3. The third-order valence-corrected chi connectivity index (χ3v) is 6.25. The first-order valence-electron chi connectivity index (χ1n) is 10.5. The summed E-state index contributed by atoms with van der Waals surface area (Å²) in [7, 11) is 0. The molecule has 0 aromatic heterocycles. The van der Waals surface area contributed by atoms with E-state index in [1.807, 2.05) is 0 Å². The summed E-state index contributed by atoms with van der Waals surface area (Å²) in [5, 5.41) is 0. The summed E-state index contributed by atoms with van der Waals surface area (Å²) in [4.78, 5) is 0. The van der Waals surface area contributed by atoms with E-state index in [-0.39, 0.29) is 5.75 Å². The van der Waals surface area contributed by atoms with Gasteiger partial charge < -0.3 is 4.74 Å². The number of fused-ring (bicyclic) bond motifs is 1. The van der Waals surface area contributed by atoms with Crippen LogP contribution in [0.4, 0.5) is 13.2 Å². The average Bonchev–Trinajstić information content (AvgIpc) is 2.64. The minimum Gasteiger partial charge on any atom is -0.406 e. The second-order valence-corrected chi connectivity index (χ2v) is 8.29. The van der Waals surface area contributed by atoms with E-state index >= 15 is 0 Å². The van der Waals surface area contributed by atoms with E-state index < -0.39 is 6.36 Å². The van der Waals surface area contributed by atoms with Crippen molar-refractivity contribution < 1.29 is 17.9 Å². The molecular weight excluding hydrogens is 349 g/mol. The minimum atomic E-state index is -4.63. The molecule has 0 unspecified atom stereocenters. The smallest absolute Gasteiger partial charge is 0.406 e. The van der Waals surface area contributed by atoms with Crippen molar-refractivity contribution in [1.82, 2.24) is 0 Å². The topological polar surface area (TPSA) is 9.23 Å². The van der Waals surface area contributed by atoms with Gasteiger partial charge in [-0.2, -0.15) is 0 Å². The first-order valence-corrected chi connectivity index (χ1v) is 10.5. The molecule has 2 aliphatic carbocycles. The lowest BCUT2D eigenvalue weighted by molar-refractivity contribution is -0.274. The molecule has 0 saturated heterocycles. The van der Waals surface area contributed by atoms with Crippen LogP contribution in [0.1, 0.15) is 75.8 Å². The van der Waals surface area contributed by atoms with Crippen LogP contribution in [0.2, 0.25) is 0 Å². The number of unbranched alkanes of at least 4 members (excludes halogenated alkanes) is 1. The molecule has 0 aliphatic heterocycles. The lowest BCUT2D eigenvalue weighted by Crippen LogP contribution is -2.17. The Kier molecular flexibility index (Phi) is 6.88. The van der Waals surface area contributed by atoms with E-state index in [0.29, 0.717) is 6.42 Å². The summed E-state index contributed by atoms with van der Waals surface area (Å²) >= 11 is 0. The molecule has 0 radical (unpaired) electrons. The van der Waals surface area contributed by atoms with Crippen molar-refractivity contribution in [3.8, 4) is 5.75 Å². The Morgan fingerprint density at radius 3 is 2.37 bits per heavy atom. The van der Waals surface area contributed by atoms with Crippen LogP contribution in [0.15, 0.2) is 29.8 Å². The standard InChI is InChI=1S/C23H31F3O/c1-2-3-4-17-5-7-18(8-6-17)9-10-19-11-12-21-16-22(27-23(24,25)26)14-13-20(21)15-19/h11,13-14,16-18H,2-10,12,15H2,1H3. The Labute approximate surface area is 161 Å². The molecular formula is C23H31F3O. The zero-order valence-electron chi connectivity index (χ0n) is 16.3. The SMILES string of the molecule is CCCCC1CCC(CCC2=CCc3cc(OC(F)(F)F)ccc3C2)CC1. The van der Waals surface area contributed by atoms with Gasteiger partial charge in [0.2, 0.25) is 0 Å². The maximum absolute atomic E-state index is 12.4. The zero-order valence-corrected chi connectivity index (χ0v) is 16.3. The number of hydrogen-bond acceptors (Lipinski definition) is 1. The van der Waals surface area contributed by atoms with Crippen LogP contribution in [0.5, 0.6) is 5.75 Å². The van der Waals surface area contributed by atoms with E-state index in [1.165, 1.54) is 69.1 Å². The molecule has 0 N–H and O–H groups in total. The van der Waals surface area contributed by atoms with Crippen LogP contribution in [0.25, 0.3) is 0 Å². The van der Waals surface area contributed by atoms with Gasteiger partial charge in [-0.1, -0.05) is 69.6 Å². The fraction of sp³-hybridized carbons (Fsp3) is 0.652. The molecule has 27 heavy (non-hydrogen) atoms. The highest BCUT2D eigenvalue weighted by Gasteiger charge is 2.31. The van der Waals surface area contributed by atoms with Crippen molar-refractivity contribution in [3.05, 3.63) is 41.0 Å². The molecule has 1 aromatic rings. The molecule has 4 heteroatoms. The van der Waals surface area contributed by atoms with Gasteiger partial charge in [-0.3, -0.25) is 0 Å². The van der Waals surface area contributed by atoms with Crippen molar-refractivity contribution >= 4 is 0 Å². The zero-order chi connectivity index (χ0) is 19.3. The number of rotatable bonds is 7. The molecule has 0 heterocycles. The number of halogens is 3. The van der Waals surface area contributed by atoms with Crippen LogP contribution in [-0.4, -0.2) is 6.36 Å². The van der Waals surface area contributed by atoms with Crippen molar-refractivity contribution in [2.24, 2.45) is 11.8 Å². The maximum Gasteiger partial charge on any atom is 0.573 e. The van der Waals surface area contributed by atoms with Gasteiger partial charge in [0.1, 0.15) is 5.75 Å². The summed E-state index contributed by atoms with van der Waals surface area (Å²) in [5.74, 6) is 1.70. The molecule has 0 atom stereocenters. The second kappa shape index (κ2) is 9.16. The first-order chi connectivity index (χ1) is 12.9. The number of alkyl halides is 3. The highest BCUT2D eigenvalue weighted by molar-refractivity contribution is 5.42. The Bertz CT molecular complexity index is 640. The van der Waals surface area contributed by atoms with Gasteiger partial charge in [0, 0.05) is 0 Å². The van der Waals surface area contributed by atoms with Gasteiger partial charge in [-0.25, -0.2) is 0 Å². The quantitative estimate of drug-likeness (QED) is 0.448. The lowest BCUT2D eigenvalue weighted by atomic mass is 9.77. The molecule has 0 amide bonds. The van der Waals surface area contributed by atoms with E-state index in [1.54, 1.807) is 6.07 Å². The van der Waals surface area contributed by atoms with E-state index in [0.717, 1.165) is 35.8 Å². The maximum atomic E-state index is 12.4. The third kappa shape index (κ3) is 6.29. The van der Waals surface area contributed by atoms with Gasteiger partial charge in [0.15, 0.2) is 0 Å². The molecule has 0 spiro atoms. The van der Waals surface area contributed by atoms with Crippen molar-refractivity contribution in [1.29, 1.82) is 0 Å². The van der Waals surface area contributed by atoms with Gasteiger partial charge in [0.05, 0.1) is 0 Å². The van der Waals surface area contributed by atoms with Gasteiger partial charge >= 0.3 is 6.36 Å². The summed E-state index contributed by atoms with van der Waals surface area (Å²) < 4.78 is 41.1. The van der Waals surface area contributed by atoms with E-state index in [9.17, 15) is 13.2 Å². The molecule has 1 nitrogen and oxygen atoms in total. The second-order valence-electron chi connectivity index (χ2n) is 8.29. The number of allylic oxidation sites excluding steroid dienone is 2. The fourth-order valence-corrected chi connectivity index (χ4v) is 4.61. The third-order valence-electron chi connectivity index (χ3n) is 6.25. The van der Waals surface area contributed by atoms with Crippen molar-refractivity contribution in [2.45, 2.75) is 83.9 Å². The molecule has 1 fully saturated rings. The van der Waals surface area contributed by atoms with Crippen molar-refractivity contribution in [3.63, 3.8) is 0 Å². The summed E-state index contributed by atoms with van der Waals surface area (Å²) in [6.45, 7) is 2.27. The van der Waals surface area contributed by atoms with Crippen molar-refractivity contribution in [2.75, 3.05) is 0 Å². The molecule has 1 aromatic carbocycles. The summed E-state index contributed by atoms with van der Waals surface area (Å²) in [5.41, 5.74) is 3.54. The Morgan fingerprint density at radius 1 is 1.00 bits per heavy atom. The number of ether oxygens (including phenoxy) is 1. The van der Waals surface area contributed by atoms with Crippen LogP contribution in [0.3, 0.4) is 0 Å². The average molecular weight is 380 g/mol. The fourth-order valence-electron chi connectivity index (χ4n) is 4.61.